The number of carbonyl (C=O) groups excluding carboxylic acids is 1. The number of amides is 1. The van der Waals surface area contributed by atoms with E-state index in [-0.39, 0.29) is 11.9 Å². The van der Waals surface area contributed by atoms with Crippen LogP contribution in [0.5, 0.6) is 5.75 Å². The largest absolute Gasteiger partial charge is 0.496 e. The van der Waals surface area contributed by atoms with E-state index in [4.69, 9.17) is 10.5 Å². The van der Waals surface area contributed by atoms with Crippen LogP contribution in [-0.2, 0) is 4.79 Å². The fourth-order valence-corrected chi connectivity index (χ4v) is 2.04. The lowest BCUT2D eigenvalue weighted by molar-refractivity contribution is -0.123. The van der Waals surface area contributed by atoms with Crippen molar-refractivity contribution in [3.8, 4) is 5.75 Å². The summed E-state index contributed by atoms with van der Waals surface area (Å²) in [4.78, 5) is 13.0. The van der Waals surface area contributed by atoms with E-state index in [0.29, 0.717) is 6.54 Å². The van der Waals surface area contributed by atoms with Crippen LogP contribution in [0.25, 0.3) is 0 Å². The Balaban J connectivity index is 2.24. The van der Waals surface area contributed by atoms with E-state index in [2.05, 4.69) is 15.9 Å². The van der Waals surface area contributed by atoms with E-state index < -0.39 is 0 Å². The molecule has 2 N–H and O–H groups in total. The standard InChI is InChI=1S/C10H11BrN2O2/c1-15-9-3-2-6(4-7(9)11)13-5-8(12)10(13)14/h2-4,8H,5,12H2,1H3. The van der Waals surface area contributed by atoms with Crippen molar-refractivity contribution in [1.29, 1.82) is 0 Å². The molecule has 1 unspecified atom stereocenters. The maximum Gasteiger partial charge on any atom is 0.245 e. The lowest BCUT2D eigenvalue weighted by atomic mass is 10.1. The first-order valence-electron chi connectivity index (χ1n) is 4.54. The van der Waals surface area contributed by atoms with Gasteiger partial charge in [0, 0.05) is 5.69 Å². The molecule has 0 aliphatic carbocycles. The van der Waals surface area contributed by atoms with E-state index in [9.17, 15) is 4.79 Å². The smallest absolute Gasteiger partial charge is 0.245 e. The van der Waals surface area contributed by atoms with Gasteiger partial charge in [-0.1, -0.05) is 0 Å². The minimum atomic E-state index is -0.342. The Bertz CT molecular complexity index is 408. The molecule has 0 spiro atoms. The molecule has 1 aliphatic rings. The van der Waals surface area contributed by atoms with Crippen molar-refractivity contribution >= 4 is 27.5 Å². The van der Waals surface area contributed by atoms with Gasteiger partial charge in [-0.2, -0.15) is 0 Å². The molecule has 1 aliphatic heterocycles. The molecule has 4 nitrogen and oxygen atoms in total. The van der Waals surface area contributed by atoms with Crippen LogP contribution >= 0.6 is 15.9 Å². The monoisotopic (exact) mass is 270 g/mol. The SMILES string of the molecule is COc1ccc(N2CC(N)C2=O)cc1Br. The Morgan fingerprint density at radius 1 is 1.60 bits per heavy atom. The number of ether oxygens (including phenoxy) is 1. The third-order valence-electron chi connectivity index (χ3n) is 2.41. The maximum absolute atomic E-state index is 11.4. The highest BCUT2D eigenvalue weighted by atomic mass is 79.9. The molecule has 15 heavy (non-hydrogen) atoms. The number of rotatable bonds is 2. The minimum Gasteiger partial charge on any atom is -0.496 e. The number of β-lactam (4-membered cyclic amide) rings is 1. The van der Waals surface area contributed by atoms with Gasteiger partial charge in [-0.05, 0) is 34.1 Å². The van der Waals surface area contributed by atoms with Crippen LogP contribution in [0.4, 0.5) is 5.69 Å². The Hall–Kier alpha value is -1.07. The number of nitrogens with two attached hydrogens (primary N) is 1. The molecular formula is C10H11BrN2O2. The van der Waals surface area contributed by atoms with Crippen molar-refractivity contribution in [3.05, 3.63) is 22.7 Å². The third kappa shape index (κ3) is 1.72. The quantitative estimate of drug-likeness (QED) is 0.820. The van der Waals surface area contributed by atoms with Crippen molar-refractivity contribution < 1.29 is 9.53 Å². The number of hydrogen-bond acceptors (Lipinski definition) is 3. The van der Waals surface area contributed by atoms with Crippen LogP contribution in [0.2, 0.25) is 0 Å². The molecule has 0 saturated carbocycles. The Labute approximate surface area is 96.1 Å². The average Bonchev–Trinajstić information content (AvgIpc) is 2.25. The molecule has 1 saturated heterocycles. The molecule has 2 rings (SSSR count). The van der Waals surface area contributed by atoms with Gasteiger partial charge in [0.25, 0.3) is 0 Å². The van der Waals surface area contributed by atoms with E-state index in [0.717, 1.165) is 15.9 Å². The van der Waals surface area contributed by atoms with Gasteiger partial charge in [-0.15, -0.1) is 0 Å². The number of halogens is 1. The lowest BCUT2D eigenvalue weighted by Gasteiger charge is -2.36. The second-order valence-corrected chi connectivity index (χ2v) is 4.23. The van der Waals surface area contributed by atoms with Gasteiger partial charge < -0.3 is 15.4 Å². The summed E-state index contributed by atoms with van der Waals surface area (Å²) in [5.41, 5.74) is 6.36. The summed E-state index contributed by atoms with van der Waals surface area (Å²) in [5.74, 6) is 0.711. The van der Waals surface area contributed by atoms with Crippen molar-refractivity contribution in [2.75, 3.05) is 18.6 Å². The predicted octanol–water partition coefficient (Wildman–Crippen LogP) is 1.13. The van der Waals surface area contributed by atoms with Crippen molar-refractivity contribution in [2.45, 2.75) is 6.04 Å². The molecule has 1 amide bonds. The van der Waals surface area contributed by atoms with Crippen LogP contribution in [0.15, 0.2) is 22.7 Å². The van der Waals surface area contributed by atoms with Gasteiger partial charge in [0.05, 0.1) is 18.1 Å². The first kappa shape index (κ1) is 10.4. The second kappa shape index (κ2) is 3.83. The molecule has 1 aromatic carbocycles. The highest BCUT2D eigenvalue weighted by molar-refractivity contribution is 9.10. The van der Waals surface area contributed by atoms with Gasteiger partial charge in [0.15, 0.2) is 0 Å². The summed E-state index contributed by atoms with van der Waals surface area (Å²) in [6, 6.07) is 5.16. The predicted molar refractivity (Wildman–Crippen MR) is 61.0 cm³/mol. The molecule has 80 valence electrons. The van der Waals surface area contributed by atoms with E-state index in [1.54, 1.807) is 12.0 Å². The Morgan fingerprint density at radius 2 is 2.33 bits per heavy atom. The molecule has 0 bridgehead atoms. The van der Waals surface area contributed by atoms with E-state index in [1.165, 1.54) is 0 Å². The van der Waals surface area contributed by atoms with Crippen molar-refractivity contribution in [2.24, 2.45) is 5.73 Å². The van der Waals surface area contributed by atoms with Gasteiger partial charge in [-0.25, -0.2) is 0 Å². The summed E-state index contributed by atoms with van der Waals surface area (Å²) >= 11 is 3.37. The summed E-state index contributed by atoms with van der Waals surface area (Å²) in [7, 11) is 1.60. The number of methoxy groups -OCH3 is 1. The summed E-state index contributed by atoms with van der Waals surface area (Å²) < 4.78 is 5.93. The normalized spacial score (nSPS) is 20.1. The first-order valence-corrected chi connectivity index (χ1v) is 5.33. The summed E-state index contributed by atoms with van der Waals surface area (Å²) in [5, 5.41) is 0. The maximum atomic E-state index is 11.4. The molecular weight excluding hydrogens is 260 g/mol. The lowest BCUT2D eigenvalue weighted by Crippen LogP contribution is -2.61. The molecule has 1 atom stereocenters. The highest BCUT2D eigenvalue weighted by Gasteiger charge is 2.34. The van der Waals surface area contributed by atoms with E-state index >= 15 is 0 Å². The number of hydrogen-bond donors (Lipinski definition) is 1. The average molecular weight is 271 g/mol. The minimum absolute atomic E-state index is 0.0351. The van der Waals surface area contributed by atoms with Crippen LogP contribution in [0.1, 0.15) is 0 Å². The number of anilines is 1. The zero-order chi connectivity index (χ0) is 11.0. The van der Waals surface area contributed by atoms with Crippen LogP contribution in [0.3, 0.4) is 0 Å². The zero-order valence-corrected chi connectivity index (χ0v) is 9.82. The fourth-order valence-electron chi connectivity index (χ4n) is 1.51. The first-order chi connectivity index (χ1) is 7.13. The van der Waals surface area contributed by atoms with Crippen LogP contribution in [-0.4, -0.2) is 25.6 Å². The summed E-state index contributed by atoms with van der Waals surface area (Å²) in [6.45, 7) is 0.581. The van der Waals surface area contributed by atoms with Crippen LogP contribution < -0.4 is 15.4 Å². The number of carbonyl (C=O) groups is 1. The molecule has 5 heteroatoms. The van der Waals surface area contributed by atoms with Gasteiger partial charge in [-0.3, -0.25) is 4.79 Å². The van der Waals surface area contributed by atoms with Gasteiger partial charge in [0.2, 0.25) is 5.91 Å². The van der Waals surface area contributed by atoms with Gasteiger partial charge in [0.1, 0.15) is 11.8 Å². The third-order valence-corrected chi connectivity index (χ3v) is 3.03. The van der Waals surface area contributed by atoms with E-state index in [1.807, 2.05) is 18.2 Å². The van der Waals surface area contributed by atoms with Gasteiger partial charge >= 0.3 is 0 Å². The highest BCUT2D eigenvalue weighted by Crippen LogP contribution is 2.31. The van der Waals surface area contributed by atoms with Crippen molar-refractivity contribution in [1.82, 2.24) is 0 Å². The Morgan fingerprint density at radius 3 is 2.80 bits per heavy atom. The second-order valence-electron chi connectivity index (χ2n) is 3.37. The molecule has 0 aromatic heterocycles. The number of benzene rings is 1. The molecule has 1 aromatic rings. The topological polar surface area (TPSA) is 55.6 Å². The Kier molecular flexibility index (Phi) is 2.67. The molecule has 1 heterocycles. The number of nitrogens with zero attached hydrogens (tertiary/aromatic N) is 1. The summed E-state index contributed by atoms with van der Waals surface area (Å²) in [6.07, 6.45) is 0. The fraction of sp³-hybridized carbons (Fsp3) is 0.300. The molecule has 0 radical (unpaired) electrons. The molecule has 1 fully saturated rings. The van der Waals surface area contributed by atoms with Crippen LogP contribution in [0, 0.1) is 0 Å². The van der Waals surface area contributed by atoms with Crippen molar-refractivity contribution in [3.63, 3.8) is 0 Å². The zero-order valence-electron chi connectivity index (χ0n) is 8.24.